The minimum absolute atomic E-state index is 0.110. The zero-order valence-corrected chi connectivity index (χ0v) is 17.2. The monoisotopic (exact) mass is 431 g/mol. The highest BCUT2D eigenvalue weighted by Crippen LogP contribution is 2.26. The maximum absolute atomic E-state index is 12.2. The number of esters is 1. The van der Waals surface area contributed by atoms with Crippen LogP contribution >= 0.6 is 0 Å². The fourth-order valence-corrected chi connectivity index (χ4v) is 3.30. The summed E-state index contributed by atoms with van der Waals surface area (Å²) < 4.78 is 15.8. The van der Waals surface area contributed by atoms with E-state index >= 15 is 0 Å². The molecule has 1 heterocycles. The van der Waals surface area contributed by atoms with Crippen molar-refractivity contribution in [2.24, 2.45) is 0 Å². The highest BCUT2D eigenvalue weighted by Gasteiger charge is 2.11. The van der Waals surface area contributed by atoms with E-state index in [0.29, 0.717) is 17.4 Å². The first-order chi connectivity index (χ1) is 15.6. The normalized spacial score (nSPS) is 10.8. The molecular weight excluding hydrogens is 410 g/mol. The quantitative estimate of drug-likeness (QED) is 0.152. The second kappa shape index (κ2) is 9.78. The Morgan fingerprint density at radius 3 is 2.44 bits per heavy atom. The number of benzene rings is 3. The van der Waals surface area contributed by atoms with Gasteiger partial charge in [-0.1, -0.05) is 48.5 Å². The van der Waals surface area contributed by atoms with Crippen LogP contribution in [0.1, 0.15) is 18.4 Å². The van der Waals surface area contributed by atoms with Gasteiger partial charge in [0.25, 0.3) is 0 Å². The van der Waals surface area contributed by atoms with Gasteiger partial charge in [-0.05, 0) is 35.6 Å². The first-order valence-corrected chi connectivity index (χ1v) is 10.2. The largest absolute Gasteiger partial charge is 0.445 e. The molecule has 1 aromatic heterocycles. The maximum Gasteiger partial charge on any atom is 0.407 e. The van der Waals surface area contributed by atoms with Gasteiger partial charge < -0.3 is 19.2 Å². The summed E-state index contributed by atoms with van der Waals surface area (Å²) >= 11 is 0. The van der Waals surface area contributed by atoms with Gasteiger partial charge in [0.2, 0.25) is 0 Å². The number of carbonyl (C=O) groups excluding carboxylic acids is 2. The average Bonchev–Trinajstić information content (AvgIpc) is 2.81. The summed E-state index contributed by atoms with van der Waals surface area (Å²) in [5, 5.41) is 4.64. The van der Waals surface area contributed by atoms with Crippen molar-refractivity contribution in [3.8, 4) is 5.75 Å². The maximum atomic E-state index is 12.2. The molecule has 7 nitrogen and oxygen atoms in total. The van der Waals surface area contributed by atoms with Crippen LogP contribution in [0.5, 0.6) is 5.75 Å². The van der Waals surface area contributed by atoms with Gasteiger partial charge >= 0.3 is 17.7 Å². The third-order valence-corrected chi connectivity index (χ3v) is 4.86. The second-order valence-electron chi connectivity index (χ2n) is 7.16. The average molecular weight is 431 g/mol. The van der Waals surface area contributed by atoms with Gasteiger partial charge in [-0.3, -0.25) is 4.79 Å². The van der Waals surface area contributed by atoms with Crippen molar-refractivity contribution in [3.63, 3.8) is 0 Å². The predicted molar refractivity (Wildman–Crippen MR) is 119 cm³/mol. The molecule has 0 saturated carbocycles. The number of nitrogens with one attached hydrogen (secondary N) is 1. The summed E-state index contributed by atoms with van der Waals surface area (Å²) in [6.07, 6.45) is -0.0374. The third-order valence-electron chi connectivity index (χ3n) is 4.86. The molecule has 3 aromatic carbocycles. The van der Waals surface area contributed by atoms with E-state index in [1.54, 1.807) is 24.3 Å². The number of ether oxygens (including phenoxy) is 2. The summed E-state index contributed by atoms with van der Waals surface area (Å²) in [5.41, 5.74) is 0.800. The highest BCUT2D eigenvalue weighted by molar-refractivity contribution is 6.04. The van der Waals surface area contributed by atoms with Crippen molar-refractivity contribution in [1.82, 2.24) is 5.32 Å². The van der Waals surface area contributed by atoms with Crippen LogP contribution in [0.4, 0.5) is 4.79 Å². The van der Waals surface area contributed by atoms with Gasteiger partial charge in [0.1, 0.15) is 17.9 Å². The second-order valence-corrected chi connectivity index (χ2v) is 7.16. The Morgan fingerprint density at radius 1 is 0.875 bits per heavy atom. The Kier molecular flexibility index (Phi) is 6.46. The Balaban J connectivity index is 1.26. The fourth-order valence-electron chi connectivity index (χ4n) is 3.30. The van der Waals surface area contributed by atoms with Crippen molar-refractivity contribution in [2.45, 2.75) is 19.4 Å². The molecule has 0 spiro atoms. The van der Waals surface area contributed by atoms with Crippen LogP contribution in [-0.2, 0) is 16.1 Å². The Labute approximate surface area is 183 Å². The molecule has 1 N–H and O–H groups in total. The number of carbonyl (C=O) groups is 2. The number of amides is 1. The number of hydrogen-bond donors (Lipinski definition) is 1. The van der Waals surface area contributed by atoms with Crippen LogP contribution in [0.25, 0.3) is 21.7 Å². The molecule has 4 aromatic rings. The van der Waals surface area contributed by atoms with Crippen LogP contribution in [0.2, 0.25) is 0 Å². The Morgan fingerprint density at radius 2 is 1.62 bits per heavy atom. The van der Waals surface area contributed by atoms with Gasteiger partial charge in [-0.15, -0.1) is 0 Å². The lowest BCUT2D eigenvalue weighted by Gasteiger charge is -2.08. The van der Waals surface area contributed by atoms with Crippen molar-refractivity contribution < 1.29 is 23.5 Å². The van der Waals surface area contributed by atoms with Crippen molar-refractivity contribution in [3.05, 3.63) is 88.8 Å². The van der Waals surface area contributed by atoms with Crippen molar-refractivity contribution >= 4 is 33.8 Å². The first kappa shape index (κ1) is 21.1. The van der Waals surface area contributed by atoms with E-state index in [-0.39, 0.29) is 25.3 Å². The summed E-state index contributed by atoms with van der Waals surface area (Å²) in [6.45, 7) is 0.462. The lowest BCUT2D eigenvalue weighted by molar-refractivity contribution is -0.134. The van der Waals surface area contributed by atoms with Gasteiger partial charge in [-0.2, -0.15) is 0 Å². The van der Waals surface area contributed by atoms with E-state index < -0.39 is 17.7 Å². The van der Waals surface area contributed by atoms with Crippen LogP contribution < -0.4 is 15.7 Å². The molecule has 4 rings (SSSR count). The van der Waals surface area contributed by atoms with Crippen molar-refractivity contribution in [1.29, 1.82) is 0 Å². The van der Waals surface area contributed by atoms with E-state index in [4.69, 9.17) is 13.9 Å². The Hall–Kier alpha value is -4.13. The van der Waals surface area contributed by atoms with E-state index in [0.717, 1.165) is 16.3 Å². The number of hydrogen-bond acceptors (Lipinski definition) is 6. The topological polar surface area (TPSA) is 94.8 Å². The number of fused-ring (bicyclic) bond motifs is 3. The van der Waals surface area contributed by atoms with Crippen LogP contribution in [0.3, 0.4) is 0 Å². The Bertz CT molecular complexity index is 1310. The lowest BCUT2D eigenvalue weighted by atomic mass is 10.1. The molecule has 0 bridgehead atoms. The van der Waals surface area contributed by atoms with Gasteiger partial charge in [0.15, 0.2) is 0 Å². The smallest absolute Gasteiger partial charge is 0.407 e. The van der Waals surface area contributed by atoms with E-state index in [2.05, 4.69) is 5.32 Å². The van der Waals surface area contributed by atoms with Crippen LogP contribution in [-0.4, -0.2) is 18.6 Å². The first-order valence-electron chi connectivity index (χ1n) is 10.2. The zero-order valence-electron chi connectivity index (χ0n) is 17.2. The molecule has 162 valence electrons. The molecule has 0 radical (unpaired) electrons. The number of alkyl carbamates (subject to hydrolysis) is 1. The fraction of sp³-hybridized carbons (Fsp3) is 0.160. The standard InChI is InChI=1S/C25H21NO6/c27-23(11-6-14-26-25(29)30-16-17-7-2-1-3-8-17)31-18-12-13-20-19-9-4-5-10-21(19)24(28)32-22(20)15-18/h1-5,7-10,12-13,15H,6,11,14,16H2,(H,26,29). The summed E-state index contributed by atoms with van der Waals surface area (Å²) in [4.78, 5) is 36.0. The SMILES string of the molecule is O=C(CCCNC(=O)OCc1ccccc1)Oc1ccc2c(c1)oc(=O)c1ccccc12. The lowest BCUT2D eigenvalue weighted by Crippen LogP contribution is -2.26. The number of rotatable bonds is 7. The molecule has 0 unspecified atom stereocenters. The highest BCUT2D eigenvalue weighted by atomic mass is 16.5. The summed E-state index contributed by atoms with van der Waals surface area (Å²) in [5.74, 6) is -0.164. The minimum atomic E-state index is -0.543. The third kappa shape index (κ3) is 5.13. The van der Waals surface area contributed by atoms with E-state index in [9.17, 15) is 14.4 Å². The molecule has 0 saturated heterocycles. The molecule has 1 amide bonds. The van der Waals surface area contributed by atoms with Gasteiger partial charge in [0.05, 0.1) is 5.39 Å². The summed E-state index contributed by atoms with van der Waals surface area (Å²) in [6, 6.07) is 21.5. The van der Waals surface area contributed by atoms with Gasteiger partial charge in [-0.25, -0.2) is 9.59 Å². The van der Waals surface area contributed by atoms with Gasteiger partial charge in [0, 0.05) is 24.4 Å². The van der Waals surface area contributed by atoms with E-state index in [1.807, 2.05) is 42.5 Å². The molecule has 32 heavy (non-hydrogen) atoms. The molecule has 0 fully saturated rings. The van der Waals surface area contributed by atoms with Crippen molar-refractivity contribution in [2.75, 3.05) is 6.54 Å². The van der Waals surface area contributed by atoms with Crippen LogP contribution in [0.15, 0.2) is 82.0 Å². The van der Waals surface area contributed by atoms with Crippen LogP contribution in [0, 0.1) is 0 Å². The molecule has 0 aliphatic carbocycles. The molecule has 0 aliphatic heterocycles. The van der Waals surface area contributed by atoms with E-state index in [1.165, 1.54) is 6.07 Å². The molecule has 7 heteroatoms. The molecule has 0 atom stereocenters. The zero-order chi connectivity index (χ0) is 22.3. The minimum Gasteiger partial charge on any atom is -0.445 e. The molecular formula is C25H21NO6. The molecule has 0 aliphatic rings. The predicted octanol–water partition coefficient (Wildman–Crippen LogP) is 4.56. The summed E-state index contributed by atoms with van der Waals surface area (Å²) in [7, 11) is 0.